The van der Waals surface area contributed by atoms with Gasteiger partial charge >= 0.3 is 0 Å². The second kappa shape index (κ2) is 7.34. The molecule has 0 radical (unpaired) electrons. The molecule has 1 saturated heterocycles. The number of unbranched alkanes of at least 4 members (excludes halogenated alkanes) is 3. The number of epoxide rings is 1. The molecule has 1 heteroatoms. The molecule has 1 heterocycles. The minimum absolute atomic E-state index is 0.000952. The summed E-state index contributed by atoms with van der Waals surface area (Å²) in [5, 5.41) is 0. The van der Waals surface area contributed by atoms with Crippen molar-refractivity contribution < 1.29 is 4.74 Å². The fourth-order valence-corrected chi connectivity index (χ4v) is 4.23. The van der Waals surface area contributed by atoms with Crippen molar-refractivity contribution in [2.45, 2.75) is 104 Å². The molecule has 1 aliphatic carbocycles. The molecule has 22 heavy (non-hydrogen) atoms. The van der Waals surface area contributed by atoms with Gasteiger partial charge in [0.25, 0.3) is 0 Å². The van der Waals surface area contributed by atoms with Crippen molar-refractivity contribution in [3.63, 3.8) is 0 Å². The highest BCUT2D eigenvalue weighted by Crippen LogP contribution is 2.64. The molecular weight excluding hydrogens is 268 g/mol. The van der Waals surface area contributed by atoms with E-state index in [1.54, 1.807) is 11.1 Å². The lowest BCUT2D eigenvalue weighted by Gasteiger charge is -2.29. The SMILES string of the molecule is CCCCC1=C(CCCC)C2(CCCC)OC2(C(C)C)C=C1. The number of rotatable bonds is 10. The molecule has 1 aliphatic heterocycles. The van der Waals surface area contributed by atoms with Crippen molar-refractivity contribution in [3.05, 3.63) is 23.3 Å². The van der Waals surface area contributed by atoms with Crippen LogP contribution in [0.4, 0.5) is 0 Å². The van der Waals surface area contributed by atoms with E-state index in [1.165, 1.54) is 57.8 Å². The maximum absolute atomic E-state index is 6.59. The molecule has 1 fully saturated rings. The summed E-state index contributed by atoms with van der Waals surface area (Å²) in [5.74, 6) is 0.560. The number of allylic oxidation sites excluding steroid dienone is 2. The predicted octanol–water partition coefficient (Wildman–Crippen LogP) is 6.59. The summed E-state index contributed by atoms with van der Waals surface area (Å²) in [7, 11) is 0. The van der Waals surface area contributed by atoms with E-state index in [4.69, 9.17) is 4.74 Å². The quantitative estimate of drug-likeness (QED) is 0.415. The van der Waals surface area contributed by atoms with Crippen LogP contribution in [-0.4, -0.2) is 11.2 Å². The van der Waals surface area contributed by atoms with Gasteiger partial charge in [0.1, 0.15) is 11.2 Å². The van der Waals surface area contributed by atoms with E-state index in [9.17, 15) is 0 Å². The second-order valence-electron chi connectivity index (χ2n) is 7.52. The van der Waals surface area contributed by atoms with Crippen molar-refractivity contribution in [2.75, 3.05) is 0 Å². The molecule has 0 aromatic carbocycles. The summed E-state index contributed by atoms with van der Waals surface area (Å²) in [6, 6.07) is 0. The van der Waals surface area contributed by atoms with Crippen LogP contribution in [0.5, 0.6) is 0 Å². The molecular formula is C21H36O. The molecule has 2 rings (SSSR count). The third-order valence-electron chi connectivity index (χ3n) is 5.66. The largest absolute Gasteiger partial charge is 0.353 e. The van der Waals surface area contributed by atoms with Crippen LogP contribution in [-0.2, 0) is 4.74 Å². The molecule has 1 nitrogen and oxygen atoms in total. The highest BCUT2D eigenvalue weighted by molar-refractivity contribution is 5.50. The summed E-state index contributed by atoms with van der Waals surface area (Å²) < 4.78 is 6.59. The first-order valence-corrected chi connectivity index (χ1v) is 9.69. The third-order valence-corrected chi connectivity index (χ3v) is 5.66. The van der Waals surface area contributed by atoms with Crippen molar-refractivity contribution in [2.24, 2.45) is 5.92 Å². The molecule has 0 aromatic rings. The van der Waals surface area contributed by atoms with Crippen LogP contribution in [0.25, 0.3) is 0 Å². The van der Waals surface area contributed by atoms with E-state index >= 15 is 0 Å². The maximum atomic E-state index is 6.59. The summed E-state index contributed by atoms with van der Waals surface area (Å²) in [6.45, 7) is 11.5. The first-order valence-electron chi connectivity index (χ1n) is 9.69. The zero-order valence-corrected chi connectivity index (χ0v) is 15.5. The normalized spacial score (nSPS) is 30.1. The van der Waals surface area contributed by atoms with Crippen LogP contribution in [0, 0.1) is 5.92 Å². The van der Waals surface area contributed by atoms with Crippen molar-refractivity contribution in [1.29, 1.82) is 0 Å². The lowest BCUT2D eigenvalue weighted by Crippen LogP contribution is -2.34. The molecule has 2 aliphatic rings. The smallest absolute Gasteiger partial charge is 0.124 e. The van der Waals surface area contributed by atoms with Gasteiger partial charge in [0.2, 0.25) is 0 Å². The third kappa shape index (κ3) is 2.94. The zero-order valence-electron chi connectivity index (χ0n) is 15.5. The Morgan fingerprint density at radius 2 is 1.59 bits per heavy atom. The molecule has 2 atom stereocenters. The van der Waals surface area contributed by atoms with Crippen LogP contribution < -0.4 is 0 Å². The van der Waals surface area contributed by atoms with Crippen molar-refractivity contribution in [3.8, 4) is 0 Å². The first-order chi connectivity index (χ1) is 10.6. The van der Waals surface area contributed by atoms with Crippen molar-refractivity contribution in [1.82, 2.24) is 0 Å². The van der Waals surface area contributed by atoms with Gasteiger partial charge < -0.3 is 4.74 Å². The van der Waals surface area contributed by atoms with Gasteiger partial charge in [-0.2, -0.15) is 0 Å². The number of hydrogen-bond donors (Lipinski definition) is 0. The lowest BCUT2D eigenvalue weighted by molar-refractivity contribution is 0.258. The molecule has 0 aromatic heterocycles. The van der Waals surface area contributed by atoms with Gasteiger partial charge in [-0.1, -0.05) is 66.4 Å². The van der Waals surface area contributed by atoms with Gasteiger partial charge in [-0.25, -0.2) is 0 Å². The molecule has 0 spiro atoms. The molecule has 2 unspecified atom stereocenters. The monoisotopic (exact) mass is 304 g/mol. The molecule has 0 amide bonds. The Kier molecular flexibility index (Phi) is 5.94. The highest BCUT2D eigenvalue weighted by Gasteiger charge is 2.71. The average Bonchev–Trinajstić information content (AvgIpc) is 3.20. The van der Waals surface area contributed by atoms with E-state index in [-0.39, 0.29) is 11.2 Å². The Bertz CT molecular complexity index is 431. The van der Waals surface area contributed by atoms with E-state index in [1.807, 2.05) is 0 Å². The fourth-order valence-electron chi connectivity index (χ4n) is 4.23. The number of fused-ring (bicyclic) bond motifs is 1. The van der Waals surface area contributed by atoms with Gasteiger partial charge in [-0.15, -0.1) is 0 Å². The topological polar surface area (TPSA) is 12.5 Å². The fraction of sp³-hybridized carbons (Fsp3) is 0.810. The van der Waals surface area contributed by atoms with Gasteiger partial charge in [-0.3, -0.25) is 0 Å². The minimum Gasteiger partial charge on any atom is -0.353 e. The standard InChI is InChI=1S/C21H36O/c1-6-9-12-18-14-16-20(17(4)5)21(22-20,15-11-8-3)19(18)13-10-7-2/h14,16-17H,6-13,15H2,1-5H3. The second-order valence-corrected chi connectivity index (χ2v) is 7.52. The minimum atomic E-state index is 0.000952. The number of hydrogen-bond acceptors (Lipinski definition) is 1. The van der Waals surface area contributed by atoms with Crippen LogP contribution in [0.2, 0.25) is 0 Å². The van der Waals surface area contributed by atoms with Crippen LogP contribution in [0.1, 0.15) is 92.4 Å². The average molecular weight is 305 g/mol. The van der Waals surface area contributed by atoms with Crippen molar-refractivity contribution >= 4 is 0 Å². The molecule has 0 saturated carbocycles. The van der Waals surface area contributed by atoms with E-state index in [0.717, 1.165) is 0 Å². The van der Waals surface area contributed by atoms with E-state index in [0.29, 0.717) is 5.92 Å². The Hall–Kier alpha value is -0.560. The summed E-state index contributed by atoms with van der Waals surface area (Å²) >= 11 is 0. The highest BCUT2D eigenvalue weighted by atomic mass is 16.6. The zero-order chi connectivity index (χ0) is 16.2. The van der Waals surface area contributed by atoms with Crippen LogP contribution in [0.15, 0.2) is 23.3 Å². The number of ether oxygens (including phenoxy) is 1. The van der Waals surface area contributed by atoms with E-state index < -0.39 is 0 Å². The summed E-state index contributed by atoms with van der Waals surface area (Å²) in [6.07, 6.45) is 16.2. The Labute approximate surface area is 138 Å². The molecule has 0 bridgehead atoms. The van der Waals surface area contributed by atoms with Gasteiger partial charge in [0, 0.05) is 0 Å². The van der Waals surface area contributed by atoms with Gasteiger partial charge in [0.15, 0.2) is 0 Å². The summed E-state index contributed by atoms with van der Waals surface area (Å²) in [5.41, 5.74) is 3.30. The summed E-state index contributed by atoms with van der Waals surface area (Å²) in [4.78, 5) is 0. The Balaban J connectivity index is 2.33. The Morgan fingerprint density at radius 1 is 0.955 bits per heavy atom. The van der Waals surface area contributed by atoms with Gasteiger partial charge in [-0.05, 0) is 55.2 Å². The predicted molar refractivity (Wildman–Crippen MR) is 96.1 cm³/mol. The first kappa shape index (κ1) is 17.8. The Morgan fingerprint density at radius 3 is 2.18 bits per heavy atom. The molecule has 126 valence electrons. The van der Waals surface area contributed by atoms with Crippen LogP contribution >= 0.6 is 0 Å². The van der Waals surface area contributed by atoms with E-state index in [2.05, 4.69) is 46.8 Å². The lowest BCUT2D eigenvalue weighted by atomic mass is 9.70. The molecule has 0 N–H and O–H groups in total. The maximum Gasteiger partial charge on any atom is 0.124 e. The van der Waals surface area contributed by atoms with Crippen LogP contribution in [0.3, 0.4) is 0 Å². The van der Waals surface area contributed by atoms with Gasteiger partial charge in [0.05, 0.1) is 0 Å².